The summed E-state index contributed by atoms with van der Waals surface area (Å²) in [7, 11) is 2.01. The summed E-state index contributed by atoms with van der Waals surface area (Å²) in [6.45, 7) is 2.70. The van der Waals surface area contributed by atoms with Gasteiger partial charge in [0.1, 0.15) is 5.82 Å². The zero-order valence-electron chi connectivity index (χ0n) is 11.5. The minimum absolute atomic E-state index is 0.213. The van der Waals surface area contributed by atoms with Crippen molar-refractivity contribution in [3.63, 3.8) is 0 Å². The van der Waals surface area contributed by atoms with E-state index in [-0.39, 0.29) is 6.10 Å². The molecule has 1 saturated carbocycles. The number of imidazole rings is 1. The zero-order valence-corrected chi connectivity index (χ0v) is 11.5. The molecule has 0 spiro atoms. The molecule has 1 aliphatic carbocycles. The average molecular weight is 260 g/mol. The van der Waals surface area contributed by atoms with E-state index in [1.54, 1.807) is 0 Å². The Morgan fingerprint density at radius 2 is 2.16 bits per heavy atom. The number of para-hydroxylation sites is 2. The Balaban J connectivity index is 1.77. The van der Waals surface area contributed by atoms with Gasteiger partial charge in [-0.25, -0.2) is 4.98 Å². The van der Waals surface area contributed by atoms with Crippen molar-refractivity contribution in [2.45, 2.75) is 37.9 Å². The minimum Gasteiger partial charge on any atom is -0.389 e. The first-order valence-corrected chi connectivity index (χ1v) is 6.85. The van der Waals surface area contributed by atoms with E-state index in [1.165, 1.54) is 0 Å². The second-order valence-corrected chi connectivity index (χ2v) is 5.46. The summed E-state index contributed by atoms with van der Waals surface area (Å²) in [5, 5.41) is 10.5. The Morgan fingerprint density at radius 3 is 2.84 bits per heavy atom. The third-order valence-electron chi connectivity index (χ3n) is 3.98. The smallest absolute Gasteiger partial charge is 0.112 e. The molecule has 0 radical (unpaired) electrons. The summed E-state index contributed by atoms with van der Waals surface area (Å²) >= 11 is 0. The van der Waals surface area contributed by atoms with Crippen LogP contribution in [0.3, 0.4) is 0 Å². The van der Waals surface area contributed by atoms with Crippen LogP contribution in [0.5, 0.6) is 0 Å². The van der Waals surface area contributed by atoms with E-state index in [4.69, 9.17) is 4.74 Å². The van der Waals surface area contributed by atoms with Gasteiger partial charge in [-0.3, -0.25) is 0 Å². The Hall–Kier alpha value is -1.39. The van der Waals surface area contributed by atoms with E-state index >= 15 is 0 Å². The van der Waals surface area contributed by atoms with Gasteiger partial charge in [-0.15, -0.1) is 0 Å². The molecule has 2 aromatic rings. The number of rotatable bonds is 4. The molecule has 4 nitrogen and oxygen atoms in total. The Kier molecular flexibility index (Phi) is 3.07. The van der Waals surface area contributed by atoms with Gasteiger partial charge in [-0.1, -0.05) is 12.1 Å². The Bertz CT molecular complexity index is 585. The lowest BCUT2D eigenvalue weighted by Gasteiger charge is -2.43. The summed E-state index contributed by atoms with van der Waals surface area (Å²) < 4.78 is 7.58. The maximum Gasteiger partial charge on any atom is 0.112 e. The van der Waals surface area contributed by atoms with Crippen LogP contribution in [0.15, 0.2) is 24.3 Å². The largest absolute Gasteiger partial charge is 0.389 e. The van der Waals surface area contributed by atoms with Gasteiger partial charge in [0, 0.05) is 32.9 Å². The fourth-order valence-corrected chi connectivity index (χ4v) is 2.93. The van der Waals surface area contributed by atoms with Crippen molar-refractivity contribution in [3.8, 4) is 0 Å². The third kappa shape index (κ3) is 2.26. The van der Waals surface area contributed by atoms with E-state index in [1.807, 2.05) is 32.2 Å². The maximum absolute atomic E-state index is 10.5. The summed E-state index contributed by atoms with van der Waals surface area (Å²) in [5.41, 5.74) is 1.46. The van der Waals surface area contributed by atoms with E-state index in [0.29, 0.717) is 25.9 Å². The number of ether oxygens (including phenoxy) is 1. The van der Waals surface area contributed by atoms with Crippen molar-refractivity contribution in [2.75, 3.05) is 6.61 Å². The fraction of sp³-hybridized carbons (Fsp3) is 0.533. The van der Waals surface area contributed by atoms with Crippen LogP contribution < -0.4 is 0 Å². The number of benzene rings is 1. The number of aryl methyl sites for hydroxylation is 1. The molecule has 1 aromatic heterocycles. The van der Waals surface area contributed by atoms with Gasteiger partial charge in [0.25, 0.3) is 0 Å². The lowest BCUT2D eigenvalue weighted by Crippen LogP contribution is -2.50. The summed E-state index contributed by atoms with van der Waals surface area (Å²) in [6.07, 6.45) is 2.24. The predicted molar refractivity (Wildman–Crippen MR) is 74.0 cm³/mol. The highest BCUT2D eigenvalue weighted by molar-refractivity contribution is 5.75. The molecule has 4 heteroatoms. The molecule has 1 heterocycles. The molecule has 0 unspecified atom stereocenters. The molecule has 1 N–H and O–H groups in total. The highest BCUT2D eigenvalue weighted by atomic mass is 16.5. The average Bonchev–Trinajstić information content (AvgIpc) is 2.65. The van der Waals surface area contributed by atoms with Gasteiger partial charge in [-0.05, 0) is 19.1 Å². The first-order valence-electron chi connectivity index (χ1n) is 6.85. The van der Waals surface area contributed by atoms with Gasteiger partial charge in [0.05, 0.1) is 22.7 Å². The zero-order chi connectivity index (χ0) is 13.5. The number of fused-ring (bicyclic) bond motifs is 1. The van der Waals surface area contributed by atoms with Crippen LogP contribution in [-0.4, -0.2) is 33.0 Å². The molecular formula is C15H20N2O2. The summed E-state index contributed by atoms with van der Waals surface area (Å²) in [5.74, 6) is 0.943. The van der Waals surface area contributed by atoms with E-state index in [9.17, 15) is 5.11 Å². The highest BCUT2D eigenvalue weighted by Crippen LogP contribution is 2.37. The van der Waals surface area contributed by atoms with Crippen molar-refractivity contribution in [3.05, 3.63) is 30.1 Å². The number of aromatic nitrogens is 2. The molecule has 102 valence electrons. The molecule has 0 atom stereocenters. The molecule has 19 heavy (non-hydrogen) atoms. The van der Waals surface area contributed by atoms with Crippen LogP contribution in [0.25, 0.3) is 11.0 Å². The first-order chi connectivity index (χ1) is 9.11. The Morgan fingerprint density at radius 1 is 1.42 bits per heavy atom. The van der Waals surface area contributed by atoms with Crippen molar-refractivity contribution < 1.29 is 9.84 Å². The van der Waals surface area contributed by atoms with Gasteiger partial charge >= 0.3 is 0 Å². The van der Waals surface area contributed by atoms with Crippen LogP contribution in [0.4, 0.5) is 0 Å². The number of hydrogen-bond acceptors (Lipinski definition) is 3. The van der Waals surface area contributed by atoms with Gasteiger partial charge in [-0.2, -0.15) is 0 Å². The highest BCUT2D eigenvalue weighted by Gasteiger charge is 2.44. The molecule has 0 amide bonds. The maximum atomic E-state index is 10.5. The first kappa shape index (κ1) is 12.6. The molecule has 0 bridgehead atoms. The third-order valence-corrected chi connectivity index (χ3v) is 3.98. The number of aliphatic hydroxyl groups is 1. The van der Waals surface area contributed by atoms with Crippen molar-refractivity contribution in [1.29, 1.82) is 0 Å². The molecule has 3 rings (SSSR count). The van der Waals surface area contributed by atoms with Gasteiger partial charge < -0.3 is 14.4 Å². The summed E-state index contributed by atoms with van der Waals surface area (Å²) in [6, 6.07) is 8.06. The minimum atomic E-state index is -0.644. The number of nitrogens with zero attached hydrogens (tertiary/aromatic N) is 2. The molecule has 0 saturated heterocycles. The topological polar surface area (TPSA) is 47.3 Å². The fourth-order valence-electron chi connectivity index (χ4n) is 2.93. The SMILES string of the molecule is CCOC1CC(O)(Cc2nc3ccccc3n2C)C1. The van der Waals surface area contributed by atoms with Crippen LogP contribution >= 0.6 is 0 Å². The van der Waals surface area contributed by atoms with Crippen molar-refractivity contribution in [1.82, 2.24) is 9.55 Å². The van der Waals surface area contributed by atoms with Crippen LogP contribution in [0.1, 0.15) is 25.6 Å². The van der Waals surface area contributed by atoms with E-state index in [2.05, 4.69) is 15.6 Å². The van der Waals surface area contributed by atoms with Crippen LogP contribution in [0.2, 0.25) is 0 Å². The van der Waals surface area contributed by atoms with Gasteiger partial charge in [0.2, 0.25) is 0 Å². The summed E-state index contributed by atoms with van der Waals surface area (Å²) in [4.78, 5) is 4.61. The predicted octanol–water partition coefficient (Wildman–Crippen LogP) is 2.05. The lowest BCUT2D eigenvalue weighted by atomic mass is 9.75. The Labute approximate surface area is 113 Å². The van der Waals surface area contributed by atoms with Crippen LogP contribution in [0, 0.1) is 0 Å². The molecule has 1 aliphatic rings. The van der Waals surface area contributed by atoms with E-state index < -0.39 is 5.60 Å². The number of hydrogen-bond donors (Lipinski definition) is 1. The molecule has 1 fully saturated rings. The molecule has 1 aromatic carbocycles. The van der Waals surface area contributed by atoms with Crippen LogP contribution in [-0.2, 0) is 18.2 Å². The quantitative estimate of drug-likeness (QED) is 0.915. The monoisotopic (exact) mass is 260 g/mol. The van der Waals surface area contributed by atoms with E-state index in [0.717, 1.165) is 16.9 Å². The second-order valence-electron chi connectivity index (χ2n) is 5.46. The standard InChI is InChI=1S/C15H20N2O2/c1-3-19-11-8-15(18,9-11)10-14-16-12-6-4-5-7-13(12)17(14)2/h4-7,11,18H,3,8-10H2,1-2H3. The van der Waals surface area contributed by atoms with Gasteiger partial charge in [0.15, 0.2) is 0 Å². The van der Waals surface area contributed by atoms with Crippen molar-refractivity contribution in [2.24, 2.45) is 7.05 Å². The second kappa shape index (κ2) is 4.62. The molecular weight excluding hydrogens is 240 g/mol. The van der Waals surface area contributed by atoms with Crippen molar-refractivity contribution >= 4 is 11.0 Å². The molecule has 0 aliphatic heterocycles. The lowest BCUT2D eigenvalue weighted by molar-refractivity contribution is -0.137. The normalized spacial score (nSPS) is 26.6.